The van der Waals surface area contributed by atoms with E-state index in [0.717, 1.165) is 11.1 Å². The average molecular weight is 372 g/mol. The van der Waals surface area contributed by atoms with Gasteiger partial charge in [0.15, 0.2) is 18.4 Å². The van der Waals surface area contributed by atoms with Crippen molar-refractivity contribution in [2.24, 2.45) is 0 Å². The first kappa shape index (κ1) is 20.0. The topological polar surface area (TPSA) is 46.2 Å². The van der Waals surface area contributed by atoms with Crippen molar-refractivity contribution >= 4 is 0 Å². The van der Waals surface area contributed by atoms with Gasteiger partial charge in [-0.25, -0.2) is 0 Å². The zero-order valence-corrected chi connectivity index (χ0v) is 16.2. The zero-order chi connectivity index (χ0) is 19.1. The second-order valence-corrected chi connectivity index (χ2v) is 7.04. The molecule has 2 aromatic rings. The second kappa shape index (κ2) is 9.44. The summed E-state index contributed by atoms with van der Waals surface area (Å²) in [5.41, 5.74) is 2.18. The van der Waals surface area contributed by atoms with Gasteiger partial charge in [0.25, 0.3) is 0 Å². The van der Waals surface area contributed by atoms with Gasteiger partial charge >= 0.3 is 0 Å². The van der Waals surface area contributed by atoms with Crippen LogP contribution in [0.25, 0.3) is 0 Å². The molecule has 5 nitrogen and oxygen atoms in total. The lowest BCUT2D eigenvalue weighted by atomic mass is 10.2. The number of rotatable bonds is 7. The molecule has 0 bridgehead atoms. The van der Waals surface area contributed by atoms with Crippen LogP contribution in [0.4, 0.5) is 0 Å². The molecule has 0 aliphatic carbocycles. The molecule has 3 rings (SSSR count). The van der Waals surface area contributed by atoms with E-state index in [2.05, 4.69) is 0 Å². The van der Waals surface area contributed by atoms with Crippen LogP contribution in [0.2, 0.25) is 0 Å². The van der Waals surface area contributed by atoms with Crippen molar-refractivity contribution < 1.29 is 23.7 Å². The maximum atomic E-state index is 6.06. The fourth-order valence-corrected chi connectivity index (χ4v) is 3.00. The summed E-state index contributed by atoms with van der Waals surface area (Å²) in [4.78, 5) is 0. The Balaban J connectivity index is 1.62. The minimum absolute atomic E-state index is 0.345. The number of hydrogen-bond acceptors (Lipinski definition) is 5. The average Bonchev–Trinajstić information content (AvgIpc) is 2.76. The van der Waals surface area contributed by atoms with E-state index in [1.54, 1.807) is 0 Å². The quantitative estimate of drug-likeness (QED) is 0.727. The minimum Gasteiger partial charge on any atom is -0.374 e. The highest BCUT2D eigenvalue weighted by Crippen LogP contribution is 2.27. The summed E-state index contributed by atoms with van der Waals surface area (Å²) in [5, 5.41) is 0. The summed E-state index contributed by atoms with van der Waals surface area (Å²) in [6.45, 7) is 6.85. The lowest BCUT2D eigenvalue weighted by Gasteiger charge is -2.29. The summed E-state index contributed by atoms with van der Waals surface area (Å²) >= 11 is 0. The van der Waals surface area contributed by atoms with Crippen molar-refractivity contribution in [1.82, 2.24) is 0 Å². The SMILES string of the molecule is C[C@H]1OC(COCc2ccccc2)[C@H](OCc2ccccc2)OC(C)(C)O1. The van der Waals surface area contributed by atoms with Gasteiger partial charge in [0.1, 0.15) is 6.10 Å². The van der Waals surface area contributed by atoms with Crippen LogP contribution in [0.5, 0.6) is 0 Å². The molecule has 0 radical (unpaired) electrons. The minimum atomic E-state index is -0.811. The van der Waals surface area contributed by atoms with Crippen LogP contribution < -0.4 is 0 Å². The van der Waals surface area contributed by atoms with E-state index < -0.39 is 24.5 Å². The Labute approximate surface area is 161 Å². The summed E-state index contributed by atoms with van der Waals surface area (Å²) < 4.78 is 29.8. The van der Waals surface area contributed by atoms with Gasteiger partial charge in [0, 0.05) is 0 Å². The summed E-state index contributed by atoms with van der Waals surface area (Å²) in [6, 6.07) is 20.0. The van der Waals surface area contributed by atoms with E-state index in [1.165, 1.54) is 0 Å². The van der Waals surface area contributed by atoms with Gasteiger partial charge in [-0.05, 0) is 31.9 Å². The van der Waals surface area contributed by atoms with Crippen molar-refractivity contribution in [1.29, 1.82) is 0 Å². The Morgan fingerprint density at radius 2 is 1.44 bits per heavy atom. The van der Waals surface area contributed by atoms with Crippen LogP contribution in [0.3, 0.4) is 0 Å². The molecule has 146 valence electrons. The largest absolute Gasteiger partial charge is 0.374 e. The van der Waals surface area contributed by atoms with E-state index in [9.17, 15) is 0 Å². The predicted molar refractivity (Wildman–Crippen MR) is 102 cm³/mol. The number of benzene rings is 2. The third-order valence-electron chi connectivity index (χ3n) is 4.17. The smallest absolute Gasteiger partial charge is 0.189 e. The van der Waals surface area contributed by atoms with Crippen LogP contribution in [0.15, 0.2) is 60.7 Å². The molecule has 1 unspecified atom stereocenters. The molecule has 0 N–H and O–H groups in total. The van der Waals surface area contributed by atoms with Gasteiger partial charge < -0.3 is 23.7 Å². The summed E-state index contributed by atoms with van der Waals surface area (Å²) in [5.74, 6) is -0.811. The molecule has 1 aliphatic rings. The van der Waals surface area contributed by atoms with E-state index in [0.29, 0.717) is 19.8 Å². The Morgan fingerprint density at radius 3 is 2.07 bits per heavy atom. The van der Waals surface area contributed by atoms with Crippen LogP contribution in [0.1, 0.15) is 31.9 Å². The molecule has 1 fully saturated rings. The van der Waals surface area contributed by atoms with Gasteiger partial charge in [-0.3, -0.25) is 0 Å². The van der Waals surface area contributed by atoms with Crippen LogP contribution in [-0.2, 0) is 36.9 Å². The van der Waals surface area contributed by atoms with Crippen LogP contribution in [-0.4, -0.2) is 31.1 Å². The van der Waals surface area contributed by atoms with Gasteiger partial charge in [-0.15, -0.1) is 0 Å². The maximum Gasteiger partial charge on any atom is 0.189 e. The second-order valence-electron chi connectivity index (χ2n) is 7.04. The molecule has 0 aromatic heterocycles. The lowest BCUT2D eigenvalue weighted by molar-refractivity contribution is -0.295. The molecule has 1 heterocycles. The molecular weight excluding hydrogens is 344 g/mol. The number of hydrogen-bond donors (Lipinski definition) is 0. The molecule has 3 atom stereocenters. The van der Waals surface area contributed by atoms with Crippen molar-refractivity contribution in [3.8, 4) is 0 Å². The Morgan fingerprint density at radius 1 is 0.852 bits per heavy atom. The molecule has 1 aliphatic heterocycles. The lowest BCUT2D eigenvalue weighted by Crippen LogP contribution is -2.40. The molecule has 0 amide bonds. The van der Waals surface area contributed by atoms with Gasteiger partial charge in [-0.2, -0.15) is 0 Å². The molecule has 27 heavy (non-hydrogen) atoms. The first-order valence-electron chi connectivity index (χ1n) is 9.30. The van der Waals surface area contributed by atoms with Crippen molar-refractivity contribution in [3.63, 3.8) is 0 Å². The zero-order valence-electron chi connectivity index (χ0n) is 16.2. The van der Waals surface area contributed by atoms with Gasteiger partial charge in [0.2, 0.25) is 0 Å². The molecular formula is C22H28O5. The first-order chi connectivity index (χ1) is 13.0. The van der Waals surface area contributed by atoms with E-state index >= 15 is 0 Å². The van der Waals surface area contributed by atoms with E-state index in [-0.39, 0.29) is 0 Å². The standard InChI is InChI=1S/C22H28O5/c1-17-25-20(16-23-14-18-10-6-4-7-11-18)21(27-22(2,3)26-17)24-15-19-12-8-5-9-13-19/h4-13,17,20-21H,14-16H2,1-3H3/t17-,20?,21+/m0/s1. The fraction of sp³-hybridized carbons (Fsp3) is 0.455. The van der Waals surface area contributed by atoms with Crippen molar-refractivity contribution in [2.75, 3.05) is 6.61 Å². The molecule has 1 saturated heterocycles. The summed E-state index contributed by atoms with van der Waals surface area (Å²) in [7, 11) is 0. The first-order valence-corrected chi connectivity index (χ1v) is 9.30. The highest BCUT2D eigenvalue weighted by Gasteiger charge is 2.38. The fourth-order valence-electron chi connectivity index (χ4n) is 3.00. The molecule has 0 spiro atoms. The van der Waals surface area contributed by atoms with Crippen LogP contribution in [0, 0.1) is 0 Å². The van der Waals surface area contributed by atoms with Gasteiger partial charge in [0.05, 0.1) is 19.8 Å². The normalized spacial score (nSPS) is 25.1. The highest BCUT2D eigenvalue weighted by molar-refractivity contribution is 5.14. The summed E-state index contributed by atoms with van der Waals surface area (Å²) in [6.07, 6.45) is -1.41. The maximum absolute atomic E-state index is 6.06. The molecule has 5 heteroatoms. The monoisotopic (exact) mass is 372 g/mol. The molecule has 2 aromatic carbocycles. The third-order valence-corrected chi connectivity index (χ3v) is 4.17. The molecule has 0 saturated carbocycles. The van der Waals surface area contributed by atoms with E-state index in [1.807, 2.05) is 81.4 Å². The Hall–Kier alpha value is -1.76. The van der Waals surface area contributed by atoms with Crippen molar-refractivity contribution in [3.05, 3.63) is 71.8 Å². The predicted octanol–water partition coefficient (Wildman–Crippen LogP) is 4.26. The van der Waals surface area contributed by atoms with Gasteiger partial charge in [-0.1, -0.05) is 60.7 Å². The Kier molecular flexibility index (Phi) is 6.99. The highest BCUT2D eigenvalue weighted by atomic mass is 16.8. The Bertz CT molecular complexity index is 674. The van der Waals surface area contributed by atoms with E-state index in [4.69, 9.17) is 23.7 Å². The van der Waals surface area contributed by atoms with Crippen molar-refractivity contribution in [2.45, 2.75) is 58.5 Å². The third kappa shape index (κ3) is 6.41. The van der Waals surface area contributed by atoms with Crippen LogP contribution >= 0.6 is 0 Å². The number of ether oxygens (including phenoxy) is 5.